The molecule has 0 saturated carbocycles. The number of aliphatic hydroxyl groups excluding tert-OH is 1. The second kappa shape index (κ2) is 12.7. The molecule has 0 aliphatic rings. The second-order valence-corrected chi connectivity index (χ2v) is 4.14. The van der Waals surface area contributed by atoms with Gasteiger partial charge in [-0.1, -0.05) is 56.8 Å². The largest absolute Gasteiger partial charge is 0.377 e. The van der Waals surface area contributed by atoms with Crippen molar-refractivity contribution < 1.29 is 9.90 Å². The predicted molar refractivity (Wildman–Crippen MR) is 79.3 cm³/mol. The molecule has 1 atom stereocenters. The second-order valence-electron chi connectivity index (χ2n) is 4.14. The van der Waals surface area contributed by atoms with Crippen molar-refractivity contribution >= 4 is 5.78 Å². The molecule has 0 aliphatic carbocycles. The van der Waals surface area contributed by atoms with Crippen molar-refractivity contribution in [1.82, 2.24) is 0 Å². The van der Waals surface area contributed by atoms with Crippen molar-refractivity contribution in [3.63, 3.8) is 0 Å². The molecule has 0 aliphatic heterocycles. The van der Waals surface area contributed by atoms with Crippen LogP contribution in [0.25, 0.3) is 0 Å². The average molecular weight is 258 g/mol. The zero-order chi connectivity index (χ0) is 14.3. The number of unbranched alkanes of at least 4 members (excludes halogenated alkanes) is 3. The van der Waals surface area contributed by atoms with Gasteiger partial charge in [0.1, 0.15) is 6.10 Å². The normalized spacial score (nSPS) is 11.1. The molecule has 0 heterocycles. The third-order valence-electron chi connectivity index (χ3n) is 2.39. The fourth-order valence-electron chi connectivity index (χ4n) is 1.32. The highest BCUT2D eigenvalue weighted by Gasteiger charge is 1.95. The third-order valence-corrected chi connectivity index (χ3v) is 2.39. The summed E-state index contributed by atoms with van der Waals surface area (Å²) >= 11 is 0. The number of hydrogen-bond acceptors (Lipinski definition) is 2. The molecule has 0 fully saturated rings. The summed E-state index contributed by atoms with van der Waals surface area (Å²) in [6.07, 6.45) is 9.44. The Morgan fingerprint density at radius 2 is 2.11 bits per heavy atom. The SMILES string of the molecule is C=CC(O)C#CC#CCC=CC(=O)CCCCCC. The molecule has 0 saturated heterocycles. The van der Waals surface area contributed by atoms with E-state index in [1.807, 2.05) is 0 Å². The van der Waals surface area contributed by atoms with Crippen LogP contribution in [0.1, 0.15) is 45.4 Å². The molecule has 1 unspecified atom stereocenters. The van der Waals surface area contributed by atoms with Gasteiger partial charge < -0.3 is 5.11 Å². The Labute approximate surface area is 116 Å². The van der Waals surface area contributed by atoms with Gasteiger partial charge in [0.15, 0.2) is 5.78 Å². The standard InChI is InChI=1S/C17H22O2/c1-3-5-6-10-14-17(19)15-12-9-7-8-11-13-16(18)4-2/h4,12,15-16,18H,2-3,5-6,9-10,14H2,1H3. The van der Waals surface area contributed by atoms with E-state index in [0.29, 0.717) is 12.8 Å². The van der Waals surface area contributed by atoms with Crippen molar-refractivity contribution in [2.24, 2.45) is 0 Å². The lowest BCUT2D eigenvalue weighted by Crippen LogP contribution is -1.94. The molecule has 102 valence electrons. The molecule has 0 amide bonds. The van der Waals surface area contributed by atoms with Crippen LogP contribution in [0.3, 0.4) is 0 Å². The minimum atomic E-state index is -0.824. The van der Waals surface area contributed by atoms with E-state index in [4.69, 9.17) is 5.11 Å². The van der Waals surface area contributed by atoms with Gasteiger partial charge in [-0.2, -0.15) is 0 Å². The summed E-state index contributed by atoms with van der Waals surface area (Å²) in [6, 6.07) is 0. The van der Waals surface area contributed by atoms with E-state index in [0.717, 1.165) is 12.8 Å². The van der Waals surface area contributed by atoms with Gasteiger partial charge in [-0.05, 0) is 24.3 Å². The van der Waals surface area contributed by atoms with Crippen molar-refractivity contribution in [2.75, 3.05) is 0 Å². The van der Waals surface area contributed by atoms with Gasteiger partial charge in [0.2, 0.25) is 0 Å². The van der Waals surface area contributed by atoms with Crippen LogP contribution in [0.5, 0.6) is 0 Å². The van der Waals surface area contributed by atoms with Gasteiger partial charge in [0.25, 0.3) is 0 Å². The Hall–Kier alpha value is -1.77. The molecule has 2 nitrogen and oxygen atoms in total. The first kappa shape index (κ1) is 17.2. The van der Waals surface area contributed by atoms with E-state index >= 15 is 0 Å². The summed E-state index contributed by atoms with van der Waals surface area (Å²) in [5.74, 6) is 10.6. The fraction of sp³-hybridized carbons (Fsp3) is 0.471. The summed E-state index contributed by atoms with van der Waals surface area (Å²) in [6.45, 7) is 5.55. The van der Waals surface area contributed by atoms with Crippen molar-refractivity contribution in [2.45, 2.75) is 51.6 Å². The smallest absolute Gasteiger partial charge is 0.155 e. The van der Waals surface area contributed by atoms with Gasteiger partial charge in [-0.3, -0.25) is 4.79 Å². The Balaban J connectivity index is 3.77. The van der Waals surface area contributed by atoms with E-state index in [1.165, 1.54) is 18.9 Å². The van der Waals surface area contributed by atoms with Gasteiger partial charge in [0, 0.05) is 12.8 Å². The van der Waals surface area contributed by atoms with Crippen LogP contribution in [0.2, 0.25) is 0 Å². The summed E-state index contributed by atoms with van der Waals surface area (Å²) in [4.78, 5) is 11.4. The number of ketones is 1. The van der Waals surface area contributed by atoms with Crippen LogP contribution in [0, 0.1) is 23.7 Å². The fourth-order valence-corrected chi connectivity index (χ4v) is 1.32. The van der Waals surface area contributed by atoms with Gasteiger partial charge in [0.05, 0.1) is 0 Å². The number of carbonyl (C=O) groups is 1. The van der Waals surface area contributed by atoms with Gasteiger partial charge >= 0.3 is 0 Å². The van der Waals surface area contributed by atoms with Crippen molar-refractivity contribution in [3.8, 4) is 23.7 Å². The molecule has 0 bridgehead atoms. The van der Waals surface area contributed by atoms with E-state index in [2.05, 4.69) is 37.2 Å². The molecule has 0 rings (SSSR count). The van der Waals surface area contributed by atoms with Crippen LogP contribution in [0.4, 0.5) is 0 Å². The van der Waals surface area contributed by atoms with Crippen LogP contribution in [-0.4, -0.2) is 17.0 Å². The first-order valence-electron chi connectivity index (χ1n) is 6.69. The molecule has 0 aromatic heterocycles. The summed E-state index contributed by atoms with van der Waals surface area (Å²) in [7, 11) is 0. The summed E-state index contributed by atoms with van der Waals surface area (Å²) in [5.41, 5.74) is 0. The first-order valence-corrected chi connectivity index (χ1v) is 6.69. The Morgan fingerprint density at radius 1 is 1.32 bits per heavy atom. The molecule has 2 heteroatoms. The van der Waals surface area contributed by atoms with E-state index < -0.39 is 6.10 Å². The van der Waals surface area contributed by atoms with E-state index in [9.17, 15) is 4.79 Å². The lowest BCUT2D eigenvalue weighted by atomic mass is 10.1. The molecule has 19 heavy (non-hydrogen) atoms. The topological polar surface area (TPSA) is 37.3 Å². The summed E-state index contributed by atoms with van der Waals surface area (Å²) in [5, 5.41) is 9.04. The average Bonchev–Trinajstić information content (AvgIpc) is 2.42. The van der Waals surface area contributed by atoms with Gasteiger partial charge in [-0.25, -0.2) is 0 Å². The van der Waals surface area contributed by atoms with Crippen molar-refractivity contribution in [1.29, 1.82) is 0 Å². The molecular weight excluding hydrogens is 236 g/mol. The van der Waals surface area contributed by atoms with Crippen LogP contribution >= 0.6 is 0 Å². The number of carbonyl (C=O) groups excluding carboxylic acids is 1. The quantitative estimate of drug-likeness (QED) is 0.314. The number of allylic oxidation sites excluding steroid dienone is 2. The molecular formula is C17H22O2. The van der Waals surface area contributed by atoms with Crippen LogP contribution < -0.4 is 0 Å². The number of aliphatic hydroxyl groups is 1. The Bertz CT molecular complexity index is 410. The van der Waals surface area contributed by atoms with Gasteiger partial charge in [-0.15, -0.1) is 0 Å². The van der Waals surface area contributed by atoms with Crippen LogP contribution in [0.15, 0.2) is 24.8 Å². The minimum Gasteiger partial charge on any atom is -0.377 e. The summed E-state index contributed by atoms with van der Waals surface area (Å²) < 4.78 is 0. The molecule has 0 aromatic rings. The highest BCUT2D eigenvalue weighted by atomic mass is 16.3. The Kier molecular flexibility index (Phi) is 11.5. The van der Waals surface area contributed by atoms with Crippen molar-refractivity contribution in [3.05, 3.63) is 24.8 Å². The number of hydrogen-bond donors (Lipinski definition) is 1. The lowest BCUT2D eigenvalue weighted by molar-refractivity contribution is -0.114. The number of rotatable bonds is 8. The minimum absolute atomic E-state index is 0.158. The Morgan fingerprint density at radius 3 is 2.79 bits per heavy atom. The maximum atomic E-state index is 11.4. The van der Waals surface area contributed by atoms with E-state index in [1.54, 1.807) is 12.2 Å². The highest BCUT2D eigenvalue weighted by Crippen LogP contribution is 2.03. The zero-order valence-electron chi connectivity index (χ0n) is 11.6. The van der Waals surface area contributed by atoms with E-state index in [-0.39, 0.29) is 5.78 Å². The predicted octanol–water partition coefficient (Wildman–Crippen LogP) is 3.03. The lowest BCUT2D eigenvalue weighted by Gasteiger charge is -1.95. The first-order chi connectivity index (χ1) is 9.20. The monoisotopic (exact) mass is 258 g/mol. The van der Waals surface area contributed by atoms with Crippen LogP contribution in [-0.2, 0) is 4.79 Å². The zero-order valence-corrected chi connectivity index (χ0v) is 11.6. The third kappa shape index (κ3) is 12.5. The molecule has 0 spiro atoms. The maximum Gasteiger partial charge on any atom is 0.155 e. The molecule has 0 radical (unpaired) electrons. The maximum absolute atomic E-state index is 11.4. The highest BCUT2D eigenvalue weighted by molar-refractivity contribution is 5.89. The molecule has 0 aromatic carbocycles. The molecule has 1 N–H and O–H groups in total.